The van der Waals surface area contributed by atoms with Crippen molar-refractivity contribution in [2.75, 3.05) is 6.61 Å². The molecule has 0 aromatic heterocycles. The first kappa shape index (κ1) is 11.5. The maximum Gasteiger partial charge on any atom is 0.338 e. The standard InChI is InChI=1S/C9H9NO4S/c1-2-14-9(11)6-3-4-8(15)7(5-6)10(12)13/h3-5,15H,2H2,1H3. The number of rotatable bonds is 3. The first-order chi connectivity index (χ1) is 7.06. The summed E-state index contributed by atoms with van der Waals surface area (Å²) in [7, 11) is 0. The van der Waals surface area contributed by atoms with Crippen LogP contribution in [0.3, 0.4) is 0 Å². The molecule has 5 nitrogen and oxygen atoms in total. The van der Waals surface area contributed by atoms with Crippen LogP contribution in [0.1, 0.15) is 17.3 Å². The quantitative estimate of drug-likeness (QED) is 0.371. The first-order valence-electron chi connectivity index (χ1n) is 4.20. The van der Waals surface area contributed by atoms with Gasteiger partial charge >= 0.3 is 5.97 Å². The largest absolute Gasteiger partial charge is 0.462 e. The Bertz CT molecular complexity index is 405. The summed E-state index contributed by atoms with van der Waals surface area (Å²) in [5.74, 6) is -0.575. The van der Waals surface area contributed by atoms with Crippen molar-refractivity contribution in [2.45, 2.75) is 11.8 Å². The normalized spacial score (nSPS) is 9.73. The van der Waals surface area contributed by atoms with Gasteiger partial charge < -0.3 is 4.74 Å². The Kier molecular flexibility index (Phi) is 3.68. The minimum absolute atomic E-state index is 0.154. The van der Waals surface area contributed by atoms with Gasteiger partial charge in [-0.15, -0.1) is 12.6 Å². The van der Waals surface area contributed by atoms with Gasteiger partial charge in [-0.2, -0.15) is 0 Å². The summed E-state index contributed by atoms with van der Waals surface area (Å²) in [6, 6.07) is 3.99. The second-order valence-corrected chi connectivity index (χ2v) is 3.16. The predicted octanol–water partition coefficient (Wildman–Crippen LogP) is 2.06. The summed E-state index contributed by atoms with van der Waals surface area (Å²) in [4.78, 5) is 21.4. The molecule has 1 aromatic carbocycles. The van der Waals surface area contributed by atoms with E-state index in [-0.39, 0.29) is 22.8 Å². The highest BCUT2D eigenvalue weighted by molar-refractivity contribution is 7.80. The maximum absolute atomic E-state index is 11.3. The molecule has 1 aromatic rings. The van der Waals surface area contributed by atoms with Gasteiger partial charge in [-0.1, -0.05) is 0 Å². The van der Waals surface area contributed by atoms with Crippen LogP contribution < -0.4 is 0 Å². The number of thiol groups is 1. The zero-order valence-electron chi connectivity index (χ0n) is 7.97. The lowest BCUT2D eigenvalue weighted by Crippen LogP contribution is -2.05. The molecule has 0 aliphatic rings. The van der Waals surface area contributed by atoms with Gasteiger partial charge in [-0.05, 0) is 19.1 Å². The average molecular weight is 227 g/mol. The van der Waals surface area contributed by atoms with E-state index in [0.29, 0.717) is 0 Å². The summed E-state index contributed by atoms with van der Waals surface area (Å²) in [5, 5.41) is 10.6. The Hall–Kier alpha value is -1.56. The minimum Gasteiger partial charge on any atom is -0.462 e. The number of nitrogens with zero attached hydrogens (tertiary/aromatic N) is 1. The second-order valence-electron chi connectivity index (χ2n) is 2.68. The zero-order chi connectivity index (χ0) is 11.4. The van der Waals surface area contributed by atoms with Gasteiger partial charge in [0.05, 0.1) is 22.0 Å². The van der Waals surface area contributed by atoms with Gasteiger partial charge in [0.15, 0.2) is 0 Å². The van der Waals surface area contributed by atoms with Crippen LogP contribution in [0.2, 0.25) is 0 Å². The molecule has 0 atom stereocenters. The van der Waals surface area contributed by atoms with E-state index in [9.17, 15) is 14.9 Å². The number of carbonyl (C=O) groups is 1. The Labute approximate surface area is 91.6 Å². The van der Waals surface area contributed by atoms with Gasteiger partial charge in [0.1, 0.15) is 0 Å². The van der Waals surface area contributed by atoms with E-state index in [1.54, 1.807) is 6.92 Å². The van der Waals surface area contributed by atoms with Crippen molar-refractivity contribution < 1.29 is 14.5 Å². The molecule has 0 amide bonds. The Morgan fingerprint density at radius 3 is 2.80 bits per heavy atom. The fourth-order valence-corrected chi connectivity index (χ4v) is 1.23. The molecule has 0 unspecified atom stereocenters. The van der Waals surface area contributed by atoms with Crippen molar-refractivity contribution in [2.24, 2.45) is 0 Å². The number of carbonyl (C=O) groups excluding carboxylic acids is 1. The van der Waals surface area contributed by atoms with Crippen molar-refractivity contribution in [3.63, 3.8) is 0 Å². The van der Waals surface area contributed by atoms with Crippen LogP contribution in [-0.4, -0.2) is 17.5 Å². The summed E-state index contributed by atoms with van der Waals surface area (Å²) in [6.45, 7) is 1.90. The SMILES string of the molecule is CCOC(=O)c1ccc(S)c([N+](=O)[O-])c1. The third kappa shape index (κ3) is 2.69. The van der Waals surface area contributed by atoms with Gasteiger partial charge in [0.25, 0.3) is 5.69 Å². The number of nitro groups is 1. The number of hydrogen-bond acceptors (Lipinski definition) is 5. The Balaban J connectivity index is 3.07. The number of ether oxygens (including phenoxy) is 1. The van der Waals surface area contributed by atoms with E-state index in [0.717, 1.165) is 6.07 Å². The molecule has 0 fully saturated rings. The molecule has 0 heterocycles. The molecule has 0 saturated carbocycles. The van der Waals surface area contributed by atoms with Crippen LogP contribution in [0.5, 0.6) is 0 Å². The van der Waals surface area contributed by atoms with Crippen molar-refractivity contribution in [3.05, 3.63) is 33.9 Å². The summed E-state index contributed by atoms with van der Waals surface area (Å²) in [5.41, 5.74) is -0.0507. The fourth-order valence-electron chi connectivity index (χ4n) is 1.01. The molecular formula is C9H9NO4S. The van der Waals surface area contributed by atoms with Crippen molar-refractivity contribution in [3.8, 4) is 0 Å². The molecule has 0 bridgehead atoms. The smallest absolute Gasteiger partial charge is 0.338 e. The molecule has 80 valence electrons. The molecule has 0 radical (unpaired) electrons. The van der Waals surface area contributed by atoms with Crippen LogP contribution in [0.4, 0.5) is 5.69 Å². The van der Waals surface area contributed by atoms with Crippen LogP contribution >= 0.6 is 12.6 Å². The van der Waals surface area contributed by atoms with Crippen LogP contribution in [0.25, 0.3) is 0 Å². The highest BCUT2D eigenvalue weighted by Crippen LogP contribution is 2.23. The second kappa shape index (κ2) is 4.79. The minimum atomic E-state index is -0.592. The monoisotopic (exact) mass is 227 g/mol. The lowest BCUT2D eigenvalue weighted by Gasteiger charge is -2.02. The fraction of sp³-hybridized carbons (Fsp3) is 0.222. The summed E-state index contributed by atoms with van der Waals surface area (Å²) >= 11 is 3.91. The van der Waals surface area contributed by atoms with E-state index >= 15 is 0 Å². The van der Waals surface area contributed by atoms with Crippen molar-refractivity contribution in [1.82, 2.24) is 0 Å². The van der Waals surface area contributed by atoms with E-state index in [4.69, 9.17) is 4.74 Å². The van der Waals surface area contributed by atoms with Gasteiger partial charge in [-0.3, -0.25) is 10.1 Å². The van der Waals surface area contributed by atoms with Crippen LogP contribution in [-0.2, 0) is 4.74 Å². The lowest BCUT2D eigenvalue weighted by molar-refractivity contribution is -0.387. The van der Waals surface area contributed by atoms with Crippen molar-refractivity contribution in [1.29, 1.82) is 0 Å². The Morgan fingerprint density at radius 2 is 2.27 bits per heavy atom. The number of nitro benzene ring substituents is 1. The van der Waals surface area contributed by atoms with E-state index in [2.05, 4.69) is 12.6 Å². The third-order valence-corrected chi connectivity index (χ3v) is 2.06. The molecule has 0 aliphatic heterocycles. The molecule has 6 heteroatoms. The van der Waals surface area contributed by atoms with Crippen molar-refractivity contribution >= 4 is 24.3 Å². The number of esters is 1. The Morgan fingerprint density at radius 1 is 1.60 bits per heavy atom. The molecule has 1 rings (SSSR count). The van der Waals surface area contributed by atoms with Gasteiger partial charge in [-0.25, -0.2) is 4.79 Å². The first-order valence-corrected chi connectivity index (χ1v) is 4.65. The number of benzene rings is 1. The maximum atomic E-state index is 11.3. The summed E-state index contributed by atoms with van der Waals surface area (Å²) < 4.78 is 4.72. The molecule has 0 spiro atoms. The highest BCUT2D eigenvalue weighted by atomic mass is 32.1. The molecule has 0 aliphatic carbocycles. The van der Waals surface area contributed by atoms with Crippen LogP contribution in [0.15, 0.2) is 23.1 Å². The summed E-state index contributed by atoms with van der Waals surface area (Å²) in [6.07, 6.45) is 0. The van der Waals surface area contributed by atoms with Gasteiger partial charge in [0, 0.05) is 6.07 Å². The lowest BCUT2D eigenvalue weighted by atomic mass is 10.2. The zero-order valence-corrected chi connectivity index (χ0v) is 8.86. The third-order valence-electron chi connectivity index (χ3n) is 1.68. The predicted molar refractivity (Wildman–Crippen MR) is 56.3 cm³/mol. The van der Waals surface area contributed by atoms with Gasteiger partial charge in [0.2, 0.25) is 0 Å². The average Bonchev–Trinajstić information content (AvgIpc) is 2.18. The van der Waals surface area contributed by atoms with E-state index < -0.39 is 10.9 Å². The van der Waals surface area contributed by atoms with E-state index in [1.807, 2.05) is 0 Å². The molecule has 0 N–H and O–H groups in total. The van der Waals surface area contributed by atoms with Crippen LogP contribution in [0, 0.1) is 10.1 Å². The number of hydrogen-bond donors (Lipinski definition) is 1. The topological polar surface area (TPSA) is 69.4 Å². The molecule has 15 heavy (non-hydrogen) atoms. The highest BCUT2D eigenvalue weighted by Gasteiger charge is 2.15. The molecular weight excluding hydrogens is 218 g/mol. The van der Waals surface area contributed by atoms with E-state index in [1.165, 1.54) is 12.1 Å². The molecule has 0 saturated heterocycles.